The van der Waals surface area contributed by atoms with E-state index >= 15 is 0 Å². The summed E-state index contributed by atoms with van der Waals surface area (Å²) in [5.74, 6) is 0.980. The summed E-state index contributed by atoms with van der Waals surface area (Å²) < 4.78 is 1.27. The van der Waals surface area contributed by atoms with Crippen molar-refractivity contribution in [1.29, 1.82) is 0 Å². The van der Waals surface area contributed by atoms with E-state index in [0.29, 0.717) is 19.4 Å². The normalized spacial score (nSPS) is 11.2. The van der Waals surface area contributed by atoms with Crippen LogP contribution in [0.3, 0.4) is 0 Å². The lowest BCUT2D eigenvalue weighted by Crippen LogP contribution is -2.07. The van der Waals surface area contributed by atoms with Gasteiger partial charge in [0.2, 0.25) is 0 Å². The SMILES string of the molecule is CCCCCSc1nc2nc(Br)sc2c(=O)[nH]1. The van der Waals surface area contributed by atoms with Gasteiger partial charge in [0, 0.05) is 5.75 Å². The van der Waals surface area contributed by atoms with Gasteiger partial charge in [-0.05, 0) is 22.4 Å². The van der Waals surface area contributed by atoms with Crippen LogP contribution in [-0.2, 0) is 0 Å². The summed E-state index contributed by atoms with van der Waals surface area (Å²) in [5, 5.41) is 0.663. The number of hydrogen-bond acceptors (Lipinski definition) is 5. The van der Waals surface area contributed by atoms with Crippen LogP contribution in [0.15, 0.2) is 13.9 Å². The van der Waals surface area contributed by atoms with Crippen molar-refractivity contribution in [2.75, 3.05) is 5.75 Å². The maximum Gasteiger partial charge on any atom is 0.271 e. The van der Waals surface area contributed by atoms with Gasteiger partial charge in [0.1, 0.15) is 4.70 Å². The maximum absolute atomic E-state index is 11.7. The predicted molar refractivity (Wildman–Crippen MR) is 76.0 cm³/mol. The zero-order valence-corrected chi connectivity index (χ0v) is 12.5. The quantitative estimate of drug-likeness (QED) is 0.517. The van der Waals surface area contributed by atoms with Gasteiger partial charge in [-0.15, -0.1) is 0 Å². The average molecular weight is 334 g/mol. The Kier molecular flexibility index (Phi) is 4.58. The minimum atomic E-state index is -0.101. The molecule has 4 nitrogen and oxygen atoms in total. The molecule has 0 aliphatic rings. The Morgan fingerprint density at radius 3 is 3.00 bits per heavy atom. The van der Waals surface area contributed by atoms with Crippen LogP contribution in [0.4, 0.5) is 0 Å². The zero-order chi connectivity index (χ0) is 12.3. The smallest absolute Gasteiger partial charge is 0.271 e. The number of nitrogens with zero attached hydrogens (tertiary/aromatic N) is 2. The summed E-state index contributed by atoms with van der Waals surface area (Å²) >= 11 is 6.16. The number of hydrogen-bond donors (Lipinski definition) is 1. The second-order valence-electron chi connectivity index (χ2n) is 3.55. The average Bonchev–Trinajstić information content (AvgIpc) is 2.66. The Bertz CT molecular complexity index is 566. The molecule has 0 fully saturated rings. The van der Waals surface area contributed by atoms with Gasteiger partial charge in [0.05, 0.1) is 0 Å². The van der Waals surface area contributed by atoms with Crippen molar-refractivity contribution >= 4 is 49.4 Å². The molecule has 0 aliphatic carbocycles. The lowest BCUT2D eigenvalue weighted by molar-refractivity contribution is 0.777. The number of unbranched alkanes of at least 4 members (excludes halogenated alkanes) is 2. The molecular weight excluding hydrogens is 322 g/mol. The van der Waals surface area contributed by atoms with Gasteiger partial charge < -0.3 is 4.98 Å². The molecule has 0 bridgehead atoms. The van der Waals surface area contributed by atoms with E-state index in [1.165, 1.54) is 24.2 Å². The molecule has 0 saturated heterocycles. The van der Waals surface area contributed by atoms with Crippen LogP contribution in [0.1, 0.15) is 26.2 Å². The Morgan fingerprint density at radius 2 is 2.24 bits per heavy atom. The van der Waals surface area contributed by atoms with Crippen LogP contribution in [0.2, 0.25) is 0 Å². The molecule has 0 aliphatic heterocycles. The molecule has 1 N–H and O–H groups in total. The van der Waals surface area contributed by atoms with Gasteiger partial charge in [-0.25, -0.2) is 9.97 Å². The number of aromatic nitrogens is 3. The first-order valence-corrected chi connectivity index (χ1v) is 7.99. The number of H-pyrrole nitrogens is 1. The predicted octanol–water partition coefficient (Wildman–Crippen LogP) is 3.42. The fourth-order valence-corrected chi connectivity index (χ4v) is 3.52. The van der Waals surface area contributed by atoms with Gasteiger partial charge in [-0.1, -0.05) is 42.9 Å². The highest BCUT2D eigenvalue weighted by Crippen LogP contribution is 2.23. The zero-order valence-electron chi connectivity index (χ0n) is 9.33. The minimum absolute atomic E-state index is 0.101. The summed E-state index contributed by atoms with van der Waals surface area (Å²) in [4.78, 5) is 23.0. The Labute approximate surface area is 115 Å². The van der Waals surface area contributed by atoms with Gasteiger partial charge in [-0.2, -0.15) is 0 Å². The third-order valence-electron chi connectivity index (χ3n) is 2.20. The molecule has 0 radical (unpaired) electrons. The Balaban J connectivity index is 2.16. The van der Waals surface area contributed by atoms with Crippen molar-refractivity contribution in [3.63, 3.8) is 0 Å². The first kappa shape index (κ1) is 13.0. The van der Waals surface area contributed by atoms with Gasteiger partial charge >= 0.3 is 0 Å². The lowest BCUT2D eigenvalue weighted by atomic mass is 10.3. The molecule has 2 aromatic rings. The summed E-state index contributed by atoms with van der Waals surface area (Å²) in [7, 11) is 0. The number of aromatic amines is 1. The van der Waals surface area contributed by atoms with Crippen LogP contribution in [0.5, 0.6) is 0 Å². The van der Waals surface area contributed by atoms with Crippen LogP contribution in [0, 0.1) is 0 Å². The third kappa shape index (κ3) is 3.29. The fraction of sp³-hybridized carbons (Fsp3) is 0.500. The van der Waals surface area contributed by atoms with Crippen molar-refractivity contribution in [2.45, 2.75) is 31.3 Å². The molecule has 2 aromatic heterocycles. The van der Waals surface area contributed by atoms with Crippen molar-refractivity contribution in [2.24, 2.45) is 0 Å². The summed E-state index contributed by atoms with van der Waals surface area (Å²) in [6.07, 6.45) is 3.55. The standard InChI is InChI=1S/C10H12BrN3OS2/c1-2-3-4-5-16-10-13-7-6(8(15)14-10)17-9(11)12-7/h2-5H2,1H3,(H,13,14,15). The molecule has 7 heteroatoms. The van der Waals surface area contributed by atoms with E-state index in [0.717, 1.165) is 12.2 Å². The molecule has 0 unspecified atom stereocenters. The lowest BCUT2D eigenvalue weighted by Gasteiger charge is -1.99. The minimum Gasteiger partial charge on any atom is -0.300 e. The molecule has 0 atom stereocenters. The van der Waals surface area contributed by atoms with E-state index in [2.05, 4.69) is 37.8 Å². The van der Waals surface area contributed by atoms with E-state index in [9.17, 15) is 4.79 Å². The molecular formula is C10H12BrN3OS2. The Morgan fingerprint density at radius 1 is 1.41 bits per heavy atom. The van der Waals surface area contributed by atoms with E-state index in [1.54, 1.807) is 11.8 Å². The third-order valence-corrected chi connectivity index (χ3v) is 4.66. The topological polar surface area (TPSA) is 58.6 Å². The van der Waals surface area contributed by atoms with Gasteiger partial charge in [0.15, 0.2) is 14.7 Å². The fourth-order valence-electron chi connectivity index (χ4n) is 1.38. The first-order valence-electron chi connectivity index (χ1n) is 5.40. The number of rotatable bonds is 5. The van der Waals surface area contributed by atoms with Crippen molar-refractivity contribution < 1.29 is 0 Å². The van der Waals surface area contributed by atoms with Crippen molar-refractivity contribution in [3.05, 3.63) is 14.3 Å². The highest BCUT2D eigenvalue weighted by Gasteiger charge is 2.09. The summed E-state index contributed by atoms with van der Waals surface area (Å²) in [5.41, 5.74) is 0.430. The van der Waals surface area contributed by atoms with Crippen molar-refractivity contribution in [3.8, 4) is 0 Å². The van der Waals surface area contributed by atoms with Crippen LogP contribution < -0.4 is 5.56 Å². The first-order chi connectivity index (χ1) is 8.20. The number of fused-ring (bicyclic) bond motifs is 1. The van der Waals surface area contributed by atoms with Gasteiger partial charge in [-0.3, -0.25) is 4.79 Å². The van der Waals surface area contributed by atoms with Gasteiger partial charge in [0.25, 0.3) is 5.56 Å². The van der Waals surface area contributed by atoms with Crippen LogP contribution in [0.25, 0.3) is 10.3 Å². The van der Waals surface area contributed by atoms with E-state index in [1.807, 2.05) is 0 Å². The number of thiazole rings is 1. The molecule has 0 amide bonds. The van der Waals surface area contributed by atoms with E-state index in [-0.39, 0.29) is 5.56 Å². The number of halogens is 1. The molecule has 0 aromatic carbocycles. The highest BCUT2D eigenvalue weighted by molar-refractivity contribution is 9.11. The Hall–Kier alpha value is -0.400. The highest BCUT2D eigenvalue weighted by atomic mass is 79.9. The van der Waals surface area contributed by atoms with Crippen LogP contribution in [-0.4, -0.2) is 20.7 Å². The monoisotopic (exact) mass is 333 g/mol. The summed E-state index contributed by atoms with van der Waals surface area (Å²) in [6.45, 7) is 2.17. The number of thioether (sulfide) groups is 1. The molecule has 92 valence electrons. The maximum atomic E-state index is 11.7. The molecule has 0 saturated carbocycles. The molecule has 2 heterocycles. The summed E-state index contributed by atoms with van der Waals surface area (Å²) in [6, 6.07) is 0. The van der Waals surface area contributed by atoms with E-state index < -0.39 is 0 Å². The molecule has 0 spiro atoms. The van der Waals surface area contributed by atoms with E-state index in [4.69, 9.17) is 0 Å². The number of nitrogens with one attached hydrogen (secondary N) is 1. The molecule has 17 heavy (non-hydrogen) atoms. The largest absolute Gasteiger partial charge is 0.300 e. The van der Waals surface area contributed by atoms with Crippen molar-refractivity contribution in [1.82, 2.24) is 15.0 Å². The second-order valence-corrected chi connectivity index (χ2v) is 6.90. The second kappa shape index (κ2) is 5.97. The van der Waals surface area contributed by atoms with Crippen LogP contribution >= 0.6 is 39.0 Å². The molecule has 2 rings (SSSR count).